The number of hydrogen-bond acceptors (Lipinski definition) is 1. The molecular weight excluding hydrogens is 433 g/mol. The van der Waals surface area contributed by atoms with E-state index in [0.29, 0.717) is 15.1 Å². The summed E-state index contributed by atoms with van der Waals surface area (Å²) in [7, 11) is 0. The molecule has 0 fully saturated rings. The Morgan fingerprint density at radius 2 is 1.89 bits per heavy atom. The number of aliphatic hydroxyl groups excluding tert-OH is 1. The van der Waals surface area contributed by atoms with E-state index in [9.17, 15) is 9.50 Å². The molecule has 0 aliphatic heterocycles. The average molecular weight is 441 g/mol. The van der Waals surface area contributed by atoms with Gasteiger partial charge >= 0.3 is 0 Å². The summed E-state index contributed by atoms with van der Waals surface area (Å²) in [6.07, 6.45) is -1.02. The van der Waals surface area contributed by atoms with Crippen LogP contribution >= 0.6 is 50.1 Å². The maximum Gasteiger partial charge on any atom is 0.130 e. The molecule has 0 bridgehead atoms. The highest BCUT2D eigenvalue weighted by atomic mass is 127. The molecule has 5 heteroatoms. The van der Waals surface area contributed by atoms with Gasteiger partial charge in [-0.2, -0.15) is 0 Å². The Bertz CT molecular complexity index is 591. The standard InChI is InChI=1S/C13H8BrClFIO/c14-9-6-11(16)8(5-10(9)15)13(18)7-3-1-2-4-12(7)17/h1-6,13,18H. The number of halogens is 4. The molecule has 1 unspecified atom stereocenters. The fraction of sp³-hybridized carbons (Fsp3) is 0.0769. The Balaban J connectivity index is 2.50. The zero-order valence-electron chi connectivity index (χ0n) is 9.00. The Labute approximate surface area is 131 Å². The molecule has 0 aromatic heterocycles. The predicted octanol–water partition coefficient (Wildman–Crippen LogP) is 4.93. The Kier molecular flexibility index (Phi) is 4.64. The van der Waals surface area contributed by atoms with E-state index in [2.05, 4.69) is 38.5 Å². The van der Waals surface area contributed by atoms with Gasteiger partial charge in [-0.3, -0.25) is 0 Å². The maximum atomic E-state index is 13.8. The van der Waals surface area contributed by atoms with Crippen LogP contribution in [0.25, 0.3) is 0 Å². The molecule has 94 valence electrons. The molecule has 1 atom stereocenters. The molecule has 0 radical (unpaired) electrons. The fourth-order valence-corrected chi connectivity index (χ4v) is 2.78. The van der Waals surface area contributed by atoms with E-state index in [1.807, 2.05) is 12.1 Å². The highest BCUT2D eigenvalue weighted by Gasteiger charge is 2.18. The van der Waals surface area contributed by atoms with Crippen LogP contribution in [0.15, 0.2) is 40.9 Å². The molecular formula is C13H8BrClFIO. The third kappa shape index (κ3) is 2.87. The minimum absolute atomic E-state index is 0.173. The van der Waals surface area contributed by atoms with Gasteiger partial charge in [-0.15, -0.1) is 0 Å². The van der Waals surface area contributed by atoms with E-state index < -0.39 is 11.9 Å². The molecule has 0 aliphatic carbocycles. The van der Waals surface area contributed by atoms with E-state index in [0.717, 1.165) is 3.57 Å². The number of aliphatic hydroxyl groups is 1. The van der Waals surface area contributed by atoms with Crippen LogP contribution in [0.3, 0.4) is 0 Å². The van der Waals surface area contributed by atoms with Gasteiger partial charge in [0.25, 0.3) is 0 Å². The summed E-state index contributed by atoms with van der Waals surface area (Å²) in [5, 5.41) is 10.6. The predicted molar refractivity (Wildman–Crippen MR) is 82.3 cm³/mol. The van der Waals surface area contributed by atoms with Crippen molar-refractivity contribution in [2.24, 2.45) is 0 Å². The van der Waals surface area contributed by atoms with Crippen molar-refractivity contribution >= 4 is 50.1 Å². The molecule has 0 amide bonds. The molecule has 2 aromatic carbocycles. The van der Waals surface area contributed by atoms with Crippen molar-refractivity contribution in [1.82, 2.24) is 0 Å². The first-order chi connectivity index (χ1) is 8.50. The minimum Gasteiger partial charge on any atom is -0.384 e. The second kappa shape index (κ2) is 5.86. The van der Waals surface area contributed by atoms with Gasteiger partial charge in [-0.1, -0.05) is 29.8 Å². The number of hydrogen-bond donors (Lipinski definition) is 1. The van der Waals surface area contributed by atoms with Gasteiger partial charge in [-0.25, -0.2) is 4.39 Å². The van der Waals surface area contributed by atoms with Gasteiger partial charge in [0, 0.05) is 13.6 Å². The molecule has 0 saturated heterocycles. The first kappa shape index (κ1) is 14.2. The van der Waals surface area contributed by atoms with Crippen LogP contribution < -0.4 is 0 Å². The van der Waals surface area contributed by atoms with Crippen molar-refractivity contribution in [2.75, 3.05) is 0 Å². The summed E-state index contributed by atoms with van der Waals surface area (Å²) < 4.78 is 15.2. The quantitative estimate of drug-likeness (QED) is 0.518. The molecule has 18 heavy (non-hydrogen) atoms. The summed E-state index contributed by atoms with van der Waals surface area (Å²) in [6, 6.07) is 9.99. The molecule has 1 N–H and O–H groups in total. The van der Waals surface area contributed by atoms with Gasteiger partial charge < -0.3 is 5.11 Å². The molecule has 2 rings (SSSR count). The van der Waals surface area contributed by atoms with Gasteiger partial charge in [0.1, 0.15) is 11.9 Å². The topological polar surface area (TPSA) is 20.2 Å². The first-order valence-electron chi connectivity index (χ1n) is 5.07. The monoisotopic (exact) mass is 440 g/mol. The van der Waals surface area contributed by atoms with Crippen molar-refractivity contribution in [1.29, 1.82) is 0 Å². The number of benzene rings is 2. The summed E-state index contributed by atoms with van der Waals surface area (Å²) >= 11 is 11.2. The van der Waals surface area contributed by atoms with Crippen LogP contribution in [0.2, 0.25) is 5.02 Å². The molecule has 0 saturated carbocycles. The van der Waals surface area contributed by atoms with Crippen LogP contribution in [0.1, 0.15) is 17.2 Å². The second-order valence-electron chi connectivity index (χ2n) is 3.71. The van der Waals surface area contributed by atoms with E-state index in [4.69, 9.17) is 11.6 Å². The van der Waals surface area contributed by atoms with Gasteiger partial charge in [0.2, 0.25) is 0 Å². The van der Waals surface area contributed by atoms with Crippen LogP contribution in [-0.2, 0) is 0 Å². The van der Waals surface area contributed by atoms with Gasteiger partial charge in [-0.05, 0) is 62.3 Å². The molecule has 2 aromatic rings. The zero-order valence-corrected chi connectivity index (χ0v) is 13.5. The normalized spacial score (nSPS) is 12.5. The van der Waals surface area contributed by atoms with Gasteiger partial charge in [0.05, 0.1) is 5.02 Å². The zero-order chi connectivity index (χ0) is 13.3. The van der Waals surface area contributed by atoms with Crippen molar-refractivity contribution in [3.63, 3.8) is 0 Å². The van der Waals surface area contributed by atoms with E-state index in [1.165, 1.54) is 12.1 Å². The van der Waals surface area contributed by atoms with Crippen molar-refractivity contribution < 1.29 is 9.50 Å². The van der Waals surface area contributed by atoms with Crippen molar-refractivity contribution in [3.05, 3.63) is 66.4 Å². The lowest BCUT2D eigenvalue weighted by atomic mass is 10.0. The fourth-order valence-electron chi connectivity index (χ4n) is 1.61. The summed E-state index contributed by atoms with van der Waals surface area (Å²) in [6.45, 7) is 0. The highest BCUT2D eigenvalue weighted by molar-refractivity contribution is 14.1. The summed E-state index contributed by atoms with van der Waals surface area (Å²) in [5.41, 5.74) is 0.836. The van der Waals surface area contributed by atoms with Gasteiger partial charge in [0.15, 0.2) is 0 Å². The minimum atomic E-state index is -1.02. The summed E-state index contributed by atoms with van der Waals surface area (Å²) in [5.74, 6) is -0.488. The number of rotatable bonds is 2. The van der Waals surface area contributed by atoms with E-state index >= 15 is 0 Å². The van der Waals surface area contributed by atoms with Crippen LogP contribution in [-0.4, -0.2) is 5.11 Å². The largest absolute Gasteiger partial charge is 0.384 e. The molecule has 1 nitrogen and oxygen atoms in total. The third-order valence-corrected chi connectivity index (χ3v) is 4.71. The summed E-state index contributed by atoms with van der Waals surface area (Å²) in [4.78, 5) is 0. The first-order valence-corrected chi connectivity index (χ1v) is 7.32. The molecule has 0 aliphatic rings. The smallest absolute Gasteiger partial charge is 0.130 e. The lowest BCUT2D eigenvalue weighted by molar-refractivity contribution is 0.214. The Hall–Kier alpha value is -0.170. The Morgan fingerprint density at radius 3 is 2.56 bits per heavy atom. The van der Waals surface area contributed by atoms with Crippen LogP contribution in [0.5, 0.6) is 0 Å². The SMILES string of the molecule is OC(c1cc(Cl)c(Br)cc1F)c1ccccc1I. The van der Waals surface area contributed by atoms with Crippen molar-refractivity contribution in [3.8, 4) is 0 Å². The maximum absolute atomic E-state index is 13.8. The average Bonchev–Trinajstić information content (AvgIpc) is 2.33. The highest BCUT2D eigenvalue weighted by Crippen LogP contribution is 2.32. The second-order valence-corrected chi connectivity index (χ2v) is 6.14. The molecule has 0 spiro atoms. The van der Waals surface area contributed by atoms with Crippen LogP contribution in [0, 0.1) is 9.39 Å². The van der Waals surface area contributed by atoms with Crippen LogP contribution in [0.4, 0.5) is 4.39 Å². The lowest BCUT2D eigenvalue weighted by Gasteiger charge is -2.15. The van der Waals surface area contributed by atoms with E-state index in [-0.39, 0.29) is 5.56 Å². The Morgan fingerprint density at radius 1 is 1.22 bits per heavy atom. The van der Waals surface area contributed by atoms with E-state index in [1.54, 1.807) is 12.1 Å². The van der Waals surface area contributed by atoms with Crippen molar-refractivity contribution in [2.45, 2.75) is 6.10 Å². The molecule has 0 heterocycles. The lowest BCUT2D eigenvalue weighted by Crippen LogP contribution is -2.04. The third-order valence-electron chi connectivity index (χ3n) is 2.53.